The number of rotatable bonds is 9. The highest BCUT2D eigenvalue weighted by Gasteiger charge is 2.05. The number of nitrogens with zero attached hydrogens (tertiary/aromatic N) is 1. The zero-order chi connectivity index (χ0) is 15.5. The largest absolute Gasteiger partial charge is 0.477 e. The summed E-state index contributed by atoms with van der Waals surface area (Å²) < 4.78 is 5.37. The van der Waals surface area contributed by atoms with Gasteiger partial charge in [-0.05, 0) is 25.0 Å². The van der Waals surface area contributed by atoms with Crippen LogP contribution in [0.3, 0.4) is 0 Å². The molecule has 7 nitrogen and oxygen atoms in total. The zero-order valence-corrected chi connectivity index (χ0v) is 12.1. The Balaban J connectivity index is 2.17. The summed E-state index contributed by atoms with van der Waals surface area (Å²) in [5.41, 5.74) is 0.377. The molecule has 7 heteroatoms. The summed E-state index contributed by atoms with van der Waals surface area (Å²) in [7, 11) is 0. The Morgan fingerprint density at radius 1 is 1.29 bits per heavy atom. The summed E-state index contributed by atoms with van der Waals surface area (Å²) in [5.74, 6) is -1.10. The minimum absolute atomic E-state index is 0.0646. The Kier molecular flexibility index (Phi) is 7.81. The zero-order valence-electron chi connectivity index (χ0n) is 12.1. The molecule has 0 aromatic carbocycles. The van der Waals surface area contributed by atoms with Crippen LogP contribution in [0.5, 0.6) is 0 Å². The normalized spacial score (nSPS) is 10.1. The molecule has 2 amide bonds. The number of carboxylic acid groups (broad SMARTS) is 1. The van der Waals surface area contributed by atoms with Crippen LogP contribution in [0.4, 0.5) is 10.5 Å². The number of urea groups is 1. The molecule has 0 spiro atoms. The molecule has 116 valence electrons. The number of aromatic nitrogens is 1. The Morgan fingerprint density at radius 3 is 2.67 bits per heavy atom. The van der Waals surface area contributed by atoms with Crippen LogP contribution in [0.25, 0.3) is 0 Å². The van der Waals surface area contributed by atoms with Crippen molar-refractivity contribution in [1.82, 2.24) is 10.3 Å². The van der Waals surface area contributed by atoms with Gasteiger partial charge in [-0.2, -0.15) is 0 Å². The third-order valence-corrected chi connectivity index (χ3v) is 2.63. The van der Waals surface area contributed by atoms with E-state index in [0.29, 0.717) is 18.8 Å². The van der Waals surface area contributed by atoms with E-state index in [4.69, 9.17) is 9.84 Å². The van der Waals surface area contributed by atoms with Crippen LogP contribution in [-0.4, -0.2) is 41.8 Å². The van der Waals surface area contributed by atoms with Crippen molar-refractivity contribution < 1.29 is 19.4 Å². The van der Waals surface area contributed by atoms with Gasteiger partial charge in [0.2, 0.25) is 0 Å². The number of anilines is 1. The molecule has 0 bridgehead atoms. The van der Waals surface area contributed by atoms with Gasteiger partial charge in [0.1, 0.15) is 5.69 Å². The number of ether oxygens (including phenoxy) is 1. The molecule has 1 aromatic heterocycles. The molecule has 0 radical (unpaired) electrons. The van der Waals surface area contributed by atoms with E-state index in [9.17, 15) is 9.59 Å². The number of hydrogen-bond acceptors (Lipinski definition) is 4. The number of pyridine rings is 1. The fraction of sp³-hybridized carbons (Fsp3) is 0.500. The summed E-state index contributed by atoms with van der Waals surface area (Å²) in [5, 5.41) is 14.0. The van der Waals surface area contributed by atoms with Crippen molar-refractivity contribution >= 4 is 17.7 Å². The summed E-state index contributed by atoms with van der Waals surface area (Å²) in [4.78, 5) is 25.9. The van der Waals surface area contributed by atoms with Crippen molar-refractivity contribution in [3.63, 3.8) is 0 Å². The van der Waals surface area contributed by atoms with Crippen LogP contribution in [0.2, 0.25) is 0 Å². The van der Waals surface area contributed by atoms with Gasteiger partial charge >= 0.3 is 12.0 Å². The number of amides is 2. The van der Waals surface area contributed by atoms with Gasteiger partial charge in [0.05, 0.1) is 11.9 Å². The van der Waals surface area contributed by atoms with Crippen molar-refractivity contribution in [3.8, 4) is 0 Å². The van der Waals surface area contributed by atoms with Gasteiger partial charge < -0.3 is 20.5 Å². The van der Waals surface area contributed by atoms with Crippen molar-refractivity contribution in [2.24, 2.45) is 0 Å². The second kappa shape index (κ2) is 9.71. The topological polar surface area (TPSA) is 101 Å². The predicted octanol–water partition coefficient (Wildman–Crippen LogP) is 2.11. The standard InChI is InChI=1S/C14H21N3O4/c1-2-3-8-21-9-4-7-15-14(20)17-11-5-6-12(13(18)19)16-10-11/h5-6,10H,2-4,7-9H2,1H3,(H,18,19)(H2,15,17,20). The first-order valence-corrected chi connectivity index (χ1v) is 6.95. The molecule has 0 saturated heterocycles. The first-order chi connectivity index (χ1) is 10.1. The number of carboxylic acids is 1. The highest BCUT2D eigenvalue weighted by molar-refractivity contribution is 5.90. The van der Waals surface area contributed by atoms with Crippen LogP contribution in [0, 0.1) is 0 Å². The average molecular weight is 295 g/mol. The quantitative estimate of drug-likeness (QED) is 0.606. The molecule has 1 heterocycles. The molecule has 0 fully saturated rings. The van der Waals surface area contributed by atoms with E-state index in [1.807, 2.05) is 0 Å². The van der Waals surface area contributed by atoms with E-state index in [1.54, 1.807) is 0 Å². The van der Waals surface area contributed by atoms with Crippen molar-refractivity contribution in [2.45, 2.75) is 26.2 Å². The van der Waals surface area contributed by atoms with Gasteiger partial charge in [-0.15, -0.1) is 0 Å². The minimum Gasteiger partial charge on any atom is -0.477 e. The smallest absolute Gasteiger partial charge is 0.354 e. The van der Waals surface area contributed by atoms with Crippen molar-refractivity contribution in [2.75, 3.05) is 25.1 Å². The summed E-state index contributed by atoms with van der Waals surface area (Å²) in [6, 6.07) is 2.47. The summed E-state index contributed by atoms with van der Waals surface area (Å²) in [6.45, 7) is 3.99. The van der Waals surface area contributed by atoms with E-state index >= 15 is 0 Å². The van der Waals surface area contributed by atoms with Crippen LogP contribution < -0.4 is 10.6 Å². The Hall–Kier alpha value is -2.15. The third kappa shape index (κ3) is 7.26. The number of nitrogens with one attached hydrogen (secondary N) is 2. The summed E-state index contributed by atoms with van der Waals surface area (Å²) >= 11 is 0. The number of unbranched alkanes of at least 4 members (excludes halogenated alkanes) is 1. The van der Waals surface area contributed by atoms with Crippen molar-refractivity contribution in [1.29, 1.82) is 0 Å². The van der Waals surface area contributed by atoms with Gasteiger partial charge in [0, 0.05) is 19.8 Å². The van der Waals surface area contributed by atoms with Gasteiger partial charge in [0.15, 0.2) is 0 Å². The van der Waals surface area contributed by atoms with E-state index in [0.717, 1.165) is 25.9 Å². The molecule has 0 aliphatic carbocycles. The monoisotopic (exact) mass is 295 g/mol. The van der Waals surface area contributed by atoms with Gasteiger partial charge in [-0.25, -0.2) is 14.6 Å². The molecule has 0 saturated carbocycles. The first kappa shape index (κ1) is 16.9. The van der Waals surface area contributed by atoms with Crippen LogP contribution in [0.1, 0.15) is 36.7 Å². The van der Waals surface area contributed by atoms with Crippen LogP contribution in [0.15, 0.2) is 18.3 Å². The van der Waals surface area contributed by atoms with Crippen molar-refractivity contribution in [3.05, 3.63) is 24.0 Å². The lowest BCUT2D eigenvalue weighted by atomic mass is 10.3. The average Bonchev–Trinajstić information content (AvgIpc) is 2.47. The van der Waals surface area contributed by atoms with E-state index in [2.05, 4.69) is 22.5 Å². The Morgan fingerprint density at radius 2 is 2.05 bits per heavy atom. The lowest BCUT2D eigenvalue weighted by molar-refractivity contribution is 0.0690. The number of carbonyl (C=O) groups is 2. The van der Waals surface area contributed by atoms with Crippen LogP contribution in [-0.2, 0) is 4.74 Å². The first-order valence-electron chi connectivity index (χ1n) is 6.95. The predicted molar refractivity (Wildman–Crippen MR) is 78.6 cm³/mol. The SMILES string of the molecule is CCCCOCCCNC(=O)Nc1ccc(C(=O)O)nc1. The number of carbonyl (C=O) groups excluding carboxylic acids is 1. The minimum atomic E-state index is -1.10. The maximum atomic E-state index is 11.6. The molecule has 3 N–H and O–H groups in total. The fourth-order valence-corrected chi connectivity index (χ4v) is 1.49. The molecule has 1 aromatic rings. The lowest BCUT2D eigenvalue weighted by Gasteiger charge is -2.08. The lowest BCUT2D eigenvalue weighted by Crippen LogP contribution is -2.30. The second-order valence-electron chi connectivity index (χ2n) is 4.44. The van der Waals surface area contributed by atoms with Gasteiger partial charge in [0.25, 0.3) is 0 Å². The fourth-order valence-electron chi connectivity index (χ4n) is 1.49. The summed E-state index contributed by atoms with van der Waals surface area (Å²) in [6.07, 6.45) is 4.20. The highest BCUT2D eigenvalue weighted by atomic mass is 16.5. The number of aromatic carboxylic acids is 1. The van der Waals surface area contributed by atoms with E-state index in [-0.39, 0.29) is 11.7 Å². The van der Waals surface area contributed by atoms with E-state index < -0.39 is 5.97 Å². The van der Waals surface area contributed by atoms with Crippen LogP contribution >= 0.6 is 0 Å². The molecule has 0 atom stereocenters. The maximum Gasteiger partial charge on any atom is 0.354 e. The molecule has 0 aliphatic rings. The van der Waals surface area contributed by atoms with Gasteiger partial charge in [-0.3, -0.25) is 0 Å². The Bertz CT molecular complexity index is 448. The molecule has 1 rings (SSSR count). The molecule has 0 aliphatic heterocycles. The number of hydrogen-bond donors (Lipinski definition) is 3. The molecule has 21 heavy (non-hydrogen) atoms. The molecular weight excluding hydrogens is 274 g/mol. The van der Waals surface area contributed by atoms with E-state index in [1.165, 1.54) is 18.3 Å². The molecular formula is C14H21N3O4. The Labute approximate surface area is 123 Å². The molecule has 0 unspecified atom stereocenters. The maximum absolute atomic E-state index is 11.6. The second-order valence-corrected chi connectivity index (χ2v) is 4.44. The third-order valence-electron chi connectivity index (χ3n) is 2.63. The highest BCUT2D eigenvalue weighted by Crippen LogP contribution is 2.05. The van der Waals surface area contributed by atoms with Gasteiger partial charge in [-0.1, -0.05) is 13.3 Å².